The van der Waals surface area contributed by atoms with Gasteiger partial charge in [0.05, 0.1) is 19.5 Å². The summed E-state index contributed by atoms with van der Waals surface area (Å²) in [6.45, 7) is 1.81. The molecule has 0 aliphatic rings. The van der Waals surface area contributed by atoms with E-state index in [0.29, 0.717) is 16.7 Å². The lowest BCUT2D eigenvalue weighted by Gasteiger charge is -2.05. The number of nitrogens with zero attached hydrogens (tertiary/aromatic N) is 1. The lowest BCUT2D eigenvalue weighted by atomic mass is 10.1. The first-order valence-electron chi connectivity index (χ1n) is 8.73. The number of amides is 1. The van der Waals surface area contributed by atoms with Gasteiger partial charge in [0.15, 0.2) is 5.76 Å². The predicted molar refractivity (Wildman–Crippen MR) is 110 cm³/mol. The Balaban J connectivity index is 2.02. The van der Waals surface area contributed by atoms with E-state index in [0.717, 1.165) is 22.6 Å². The molecule has 146 valence electrons. The number of rotatable bonds is 7. The molecule has 0 bridgehead atoms. The molecule has 1 aromatic heterocycles. The standard InChI is InChI=1S/C21H22N2O4S/c1-13(20(24)22-2)28-21-23-18(14-5-9-16(25-3)10-6-14)19(27-21)15-7-11-17(26-4)12-8-15/h5-13H,1-4H3,(H,22,24)/t13-/m1/s1. The molecule has 1 atom stereocenters. The van der Waals surface area contributed by atoms with Gasteiger partial charge in [0.2, 0.25) is 5.91 Å². The molecule has 0 fully saturated rings. The Hall–Kier alpha value is -2.93. The third-order valence-electron chi connectivity index (χ3n) is 4.22. The molecule has 0 unspecified atom stereocenters. The van der Waals surface area contributed by atoms with Crippen molar-refractivity contribution in [2.45, 2.75) is 17.4 Å². The van der Waals surface area contributed by atoms with Crippen molar-refractivity contribution in [3.8, 4) is 34.1 Å². The van der Waals surface area contributed by atoms with Gasteiger partial charge in [-0.3, -0.25) is 4.79 Å². The molecule has 0 saturated heterocycles. The average molecular weight is 398 g/mol. The van der Waals surface area contributed by atoms with Gasteiger partial charge >= 0.3 is 0 Å². The van der Waals surface area contributed by atoms with Crippen LogP contribution >= 0.6 is 11.8 Å². The number of nitrogens with one attached hydrogen (secondary N) is 1. The van der Waals surface area contributed by atoms with E-state index in [1.54, 1.807) is 21.3 Å². The van der Waals surface area contributed by atoms with Gasteiger partial charge in [-0.2, -0.15) is 0 Å². The lowest BCUT2D eigenvalue weighted by molar-refractivity contribution is -0.119. The second kappa shape index (κ2) is 8.84. The fourth-order valence-electron chi connectivity index (χ4n) is 2.64. The SMILES string of the molecule is CNC(=O)[C@@H](C)Sc1nc(-c2ccc(OC)cc2)c(-c2ccc(OC)cc2)o1. The molecular formula is C21H22N2O4S. The molecule has 2 aromatic carbocycles. The van der Waals surface area contributed by atoms with Gasteiger partial charge in [-0.25, -0.2) is 4.98 Å². The molecule has 3 aromatic rings. The summed E-state index contributed by atoms with van der Waals surface area (Å²) in [6.07, 6.45) is 0. The van der Waals surface area contributed by atoms with Crippen LogP contribution in [0.5, 0.6) is 11.5 Å². The summed E-state index contributed by atoms with van der Waals surface area (Å²) in [4.78, 5) is 16.5. The number of hydrogen-bond acceptors (Lipinski definition) is 6. The highest BCUT2D eigenvalue weighted by Crippen LogP contribution is 2.37. The molecule has 1 amide bonds. The molecule has 28 heavy (non-hydrogen) atoms. The van der Waals surface area contributed by atoms with E-state index in [2.05, 4.69) is 10.3 Å². The number of methoxy groups -OCH3 is 2. The van der Waals surface area contributed by atoms with Crippen LogP contribution in [0, 0.1) is 0 Å². The summed E-state index contributed by atoms with van der Waals surface area (Å²) in [6, 6.07) is 15.2. The Labute approximate surface area is 168 Å². The molecule has 0 saturated carbocycles. The molecule has 0 aliphatic heterocycles. The number of aromatic nitrogens is 1. The van der Waals surface area contributed by atoms with Crippen molar-refractivity contribution >= 4 is 17.7 Å². The van der Waals surface area contributed by atoms with Gasteiger partial charge in [0.25, 0.3) is 5.22 Å². The minimum Gasteiger partial charge on any atom is -0.497 e. The van der Waals surface area contributed by atoms with Crippen molar-refractivity contribution in [1.82, 2.24) is 10.3 Å². The number of thioether (sulfide) groups is 1. The largest absolute Gasteiger partial charge is 0.497 e. The number of oxazole rings is 1. The van der Waals surface area contributed by atoms with E-state index in [1.165, 1.54) is 11.8 Å². The van der Waals surface area contributed by atoms with E-state index in [9.17, 15) is 4.79 Å². The van der Waals surface area contributed by atoms with Crippen molar-refractivity contribution < 1.29 is 18.7 Å². The third kappa shape index (κ3) is 4.31. The normalized spacial score (nSPS) is 11.7. The topological polar surface area (TPSA) is 73.6 Å². The second-order valence-corrected chi connectivity index (χ2v) is 7.28. The Kier molecular flexibility index (Phi) is 6.26. The zero-order valence-corrected chi connectivity index (χ0v) is 17.0. The molecule has 0 radical (unpaired) electrons. The number of carbonyl (C=O) groups excluding carboxylic acids is 1. The molecule has 0 spiro atoms. The quantitative estimate of drug-likeness (QED) is 0.600. The van der Waals surface area contributed by atoms with Crippen molar-refractivity contribution in [2.75, 3.05) is 21.3 Å². The molecule has 6 nitrogen and oxygen atoms in total. The third-order valence-corrected chi connectivity index (χ3v) is 5.16. The summed E-state index contributed by atoms with van der Waals surface area (Å²) in [5.41, 5.74) is 2.48. The smallest absolute Gasteiger partial charge is 0.257 e. The number of carbonyl (C=O) groups is 1. The Morgan fingerprint density at radius 1 is 1.00 bits per heavy atom. The number of hydrogen-bond donors (Lipinski definition) is 1. The summed E-state index contributed by atoms with van der Waals surface area (Å²) < 4.78 is 16.5. The average Bonchev–Trinajstić information content (AvgIpc) is 3.16. The molecular weight excluding hydrogens is 376 g/mol. The van der Waals surface area contributed by atoms with Gasteiger partial charge in [0.1, 0.15) is 17.2 Å². The molecule has 1 heterocycles. The van der Waals surface area contributed by atoms with Gasteiger partial charge in [-0.1, -0.05) is 11.8 Å². The highest BCUT2D eigenvalue weighted by molar-refractivity contribution is 8.00. The Morgan fingerprint density at radius 3 is 2.04 bits per heavy atom. The van der Waals surface area contributed by atoms with Gasteiger partial charge in [-0.15, -0.1) is 0 Å². The van der Waals surface area contributed by atoms with Crippen LogP contribution in [-0.4, -0.2) is 37.4 Å². The van der Waals surface area contributed by atoms with Gasteiger partial charge < -0.3 is 19.2 Å². The maximum atomic E-state index is 11.9. The van der Waals surface area contributed by atoms with Crippen LogP contribution in [0.3, 0.4) is 0 Å². The Bertz CT molecular complexity index is 871. The monoisotopic (exact) mass is 398 g/mol. The minimum absolute atomic E-state index is 0.0832. The predicted octanol–water partition coefficient (Wildman–Crippen LogP) is 4.25. The van der Waals surface area contributed by atoms with Crippen LogP contribution in [-0.2, 0) is 4.79 Å². The van der Waals surface area contributed by atoms with Gasteiger partial charge in [0, 0.05) is 18.2 Å². The van der Waals surface area contributed by atoms with E-state index < -0.39 is 0 Å². The Morgan fingerprint density at radius 2 is 1.54 bits per heavy atom. The summed E-state index contributed by atoms with van der Waals surface area (Å²) in [7, 11) is 4.87. The highest BCUT2D eigenvalue weighted by Gasteiger charge is 2.21. The van der Waals surface area contributed by atoms with Crippen LogP contribution in [0.25, 0.3) is 22.6 Å². The molecule has 3 rings (SSSR count). The fraction of sp³-hybridized carbons (Fsp3) is 0.238. The lowest BCUT2D eigenvalue weighted by Crippen LogP contribution is -2.27. The maximum Gasteiger partial charge on any atom is 0.257 e. The van der Waals surface area contributed by atoms with Crippen molar-refractivity contribution in [1.29, 1.82) is 0 Å². The van der Waals surface area contributed by atoms with E-state index in [4.69, 9.17) is 13.9 Å². The van der Waals surface area contributed by atoms with Crippen LogP contribution in [0.2, 0.25) is 0 Å². The number of ether oxygens (including phenoxy) is 2. The van der Waals surface area contributed by atoms with Crippen LogP contribution in [0.4, 0.5) is 0 Å². The van der Waals surface area contributed by atoms with Crippen molar-refractivity contribution in [3.05, 3.63) is 48.5 Å². The second-order valence-electron chi connectivity index (χ2n) is 5.99. The molecule has 7 heteroatoms. The zero-order valence-electron chi connectivity index (χ0n) is 16.2. The van der Waals surface area contributed by atoms with E-state index in [1.807, 2.05) is 55.5 Å². The van der Waals surface area contributed by atoms with E-state index in [-0.39, 0.29) is 11.2 Å². The first-order valence-corrected chi connectivity index (χ1v) is 9.61. The van der Waals surface area contributed by atoms with E-state index >= 15 is 0 Å². The first-order chi connectivity index (χ1) is 13.5. The van der Waals surface area contributed by atoms with Crippen LogP contribution < -0.4 is 14.8 Å². The highest BCUT2D eigenvalue weighted by atomic mass is 32.2. The van der Waals surface area contributed by atoms with Crippen LogP contribution in [0.1, 0.15) is 6.92 Å². The fourth-order valence-corrected chi connectivity index (χ4v) is 3.44. The summed E-state index contributed by atoms with van der Waals surface area (Å²) >= 11 is 1.28. The minimum atomic E-state index is -0.323. The first kappa shape index (κ1) is 19.8. The van der Waals surface area contributed by atoms with Crippen LogP contribution in [0.15, 0.2) is 58.2 Å². The van der Waals surface area contributed by atoms with Gasteiger partial charge in [-0.05, 0) is 55.5 Å². The maximum absolute atomic E-state index is 11.9. The molecule has 1 N–H and O–H groups in total. The van der Waals surface area contributed by atoms with Crippen molar-refractivity contribution in [2.24, 2.45) is 0 Å². The zero-order chi connectivity index (χ0) is 20.1. The summed E-state index contributed by atoms with van der Waals surface area (Å²) in [5, 5.41) is 2.75. The molecule has 0 aliphatic carbocycles. The number of benzene rings is 2. The van der Waals surface area contributed by atoms with Crippen molar-refractivity contribution in [3.63, 3.8) is 0 Å². The summed E-state index contributed by atoms with van der Waals surface area (Å²) in [5.74, 6) is 2.08.